The summed E-state index contributed by atoms with van der Waals surface area (Å²) in [5.41, 5.74) is 3.41. The highest BCUT2D eigenvalue weighted by Crippen LogP contribution is 2.22. The minimum Gasteiger partial charge on any atom is -0.508 e. The zero-order valence-electron chi connectivity index (χ0n) is 14.8. The van der Waals surface area contributed by atoms with Gasteiger partial charge in [-0.2, -0.15) is 5.10 Å². The van der Waals surface area contributed by atoms with Crippen molar-refractivity contribution >= 4 is 5.91 Å². The Kier molecular flexibility index (Phi) is 4.75. The van der Waals surface area contributed by atoms with Crippen LogP contribution >= 0.6 is 0 Å². The lowest BCUT2D eigenvalue weighted by Crippen LogP contribution is -2.27. The molecule has 26 heavy (non-hydrogen) atoms. The molecular weight excluding hydrogens is 333 g/mol. The average Bonchev–Trinajstić information content (AvgIpc) is 2.99. The molecule has 134 valence electrons. The fourth-order valence-corrected chi connectivity index (χ4v) is 2.87. The number of hydrogen-bond donors (Lipinski definition) is 2. The highest BCUT2D eigenvalue weighted by Gasteiger charge is 2.17. The van der Waals surface area contributed by atoms with Gasteiger partial charge in [0.2, 0.25) is 0 Å². The van der Waals surface area contributed by atoms with E-state index in [0.29, 0.717) is 16.8 Å². The highest BCUT2D eigenvalue weighted by atomic mass is 19.1. The molecule has 0 radical (unpaired) electrons. The lowest BCUT2D eigenvalue weighted by atomic mass is 10.1. The van der Waals surface area contributed by atoms with Gasteiger partial charge in [-0.15, -0.1) is 0 Å². The predicted octanol–water partition coefficient (Wildman–Crippen LogP) is 3.82. The Morgan fingerprint density at radius 1 is 1.23 bits per heavy atom. The maximum Gasteiger partial charge on any atom is 0.251 e. The van der Waals surface area contributed by atoms with E-state index in [1.165, 1.54) is 18.2 Å². The summed E-state index contributed by atoms with van der Waals surface area (Å²) in [4.78, 5) is 12.5. The van der Waals surface area contributed by atoms with Crippen LogP contribution in [0.2, 0.25) is 0 Å². The van der Waals surface area contributed by atoms with E-state index in [2.05, 4.69) is 10.4 Å². The first-order valence-electron chi connectivity index (χ1n) is 8.27. The predicted molar refractivity (Wildman–Crippen MR) is 97.0 cm³/mol. The van der Waals surface area contributed by atoms with Crippen LogP contribution in [0.25, 0.3) is 5.69 Å². The average molecular weight is 353 g/mol. The lowest BCUT2D eigenvalue weighted by molar-refractivity contribution is 0.0939. The van der Waals surface area contributed by atoms with Crippen LogP contribution < -0.4 is 5.32 Å². The van der Waals surface area contributed by atoms with Crippen molar-refractivity contribution in [1.29, 1.82) is 0 Å². The summed E-state index contributed by atoms with van der Waals surface area (Å²) in [6, 6.07) is 10.6. The third kappa shape index (κ3) is 3.44. The monoisotopic (exact) mass is 353 g/mol. The van der Waals surface area contributed by atoms with E-state index in [1.54, 1.807) is 42.1 Å². The molecule has 2 aromatic carbocycles. The lowest BCUT2D eigenvalue weighted by Gasteiger charge is -2.15. The molecule has 0 saturated heterocycles. The second-order valence-corrected chi connectivity index (χ2v) is 6.27. The summed E-state index contributed by atoms with van der Waals surface area (Å²) in [7, 11) is 0. The van der Waals surface area contributed by atoms with E-state index in [9.17, 15) is 14.3 Å². The van der Waals surface area contributed by atoms with E-state index in [-0.39, 0.29) is 23.5 Å². The third-order valence-corrected chi connectivity index (χ3v) is 4.37. The van der Waals surface area contributed by atoms with Gasteiger partial charge in [-0.1, -0.05) is 6.07 Å². The molecule has 0 fully saturated rings. The van der Waals surface area contributed by atoms with Crippen molar-refractivity contribution in [2.24, 2.45) is 0 Å². The minimum absolute atomic E-state index is 0.154. The molecule has 1 atom stereocenters. The van der Waals surface area contributed by atoms with E-state index in [4.69, 9.17) is 0 Å². The van der Waals surface area contributed by atoms with Crippen LogP contribution in [0, 0.1) is 19.7 Å². The van der Waals surface area contributed by atoms with Gasteiger partial charge in [0.05, 0.1) is 17.9 Å². The fourth-order valence-electron chi connectivity index (χ4n) is 2.87. The topological polar surface area (TPSA) is 67.2 Å². The van der Waals surface area contributed by atoms with Gasteiger partial charge in [0.15, 0.2) is 0 Å². The van der Waals surface area contributed by atoms with Gasteiger partial charge >= 0.3 is 0 Å². The number of aryl methyl sites for hydroxylation is 1. The number of carbonyl (C=O) groups excluding carboxylic acids is 1. The molecule has 2 N–H and O–H groups in total. The Morgan fingerprint density at radius 2 is 2.00 bits per heavy atom. The van der Waals surface area contributed by atoms with Crippen LogP contribution in [-0.2, 0) is 0 Å². The molecule has 0 spiro atoms. The zero-order valence-corrected chi connectivity index (χ0v) is 14.8. The number of aromatic nitrogens is 2. The van der Waals surface area contributed by atoms with Crippen molar-refractivity contribution < 1.29 is 14.3 Å². The van der Waals surface area contributed by atoms with Gasteiger partial charge in [0.1, 0.15) is 11.6 Å². The molecule has 0 saturated carbocycles. The zero-order chi connectivity index (χ0) is 18.8. The number of amides is 1. The molecule has 0 aliphatic heterocycles. The second kappa shape index (κ2) is 7.00. The quantitative estimate of drug-likeness (QED) is 0.749. The number of carbonyl (C=O) groups is 1. The number of hydrogen-bond acceptors (Lipinski definition) is 3. The molecule has 3 rings (SSSR count). The molecule has 6 heteroatoms. The first-order chi connectivity index (χ1) is 12.4. The Morgan fingerprint density at radius 3 is 2.69 bits per heavy atom. The number of rotatable bonds is 4. The van der Waals surface area contributed by atoms with E-state index < -0.39 is 0 Å². The molecule has 0 unspecified atom stereocenters. The Bertz CT molecular complexity index is 965. The first-order valence-corrected chi connectivity index (χ1v) is 8.27. The second-order valence-electron chi connectivity index (χ2n) is 6.27. The molecule has 1 amide bonds. The van der Waals surface area contributed by atoms with Gasteiger partial charge < -0.3 is 10.4 Å². The van der Waals surface area contributed by atoms with E-state index >= 15 is 0 Å². The van der Waals surface area contributed by atoms with Crippen LogP contribution in [0.1, 0.15) is 40.1 Å². The SMILES string of the molecule is Cc1cc(C(=O)N[C@@H](C)c2cnn(-c3cccc(F)c3)c2C)ccc1O. The maximum atomic E-state index is 13.5. The Hall–Kier alpha value is -3.15. The van der Waals surface area contributed by atoms with Gasteiger partial charge in [0, 0.05) is 16.8 Å². The fraction of sp³-hybridized carbons (Fsp3) is 0.200. The number of phenolic OH excluding ortho intramolecular Hbond substituents is 1. The number of halogens is 1. The van der Waals surface area contributed by atoms with Crippen molar-refractivity contribution in [3.63, 3.8) is 0 Å². The standard InChI is InChI=1S/C20H20FN3O2/c1-12-9-15(7-8-19(12)25)20(26)23-13(2)18-11-22-24(14(18)3)17-6-4-5-16(21)10-17/h4-11,13,25H,1-3H3,(H,23,26)/t13-/m0/s1. The molecule has 0 aliphatic carbocycles. The van der Waals surface area contributed by atoms with Crippen molar-refractivity contribution in [3.05, 3.63) is 76.9 Å². The Balaban J connectivity index is 1.81. The van der Waals surface area contributed by atoms with Crippen LogP contribution in [0.3, 0.4) is 0 Å². The molecule has 1 heterocycles. The maximum absolute atomic E-state index is 13.5. The van der Waals surface area contributed by atoms with Gasteiger partial charge in [0.25, 0.3) is 5.91 Å². The minimum atomic E-state index is -0.331. The molecular formula is C20H20FN3O2. The highest BCUT2D eigenvalue weighted by molar-refractivity contribution is 5.94. The third-order valence-electron chi connectivity index (χ3n) is 4.37. The molecule has 5 nitrogen and oxygen atoms in total. The van der Waals surface area contributed by atoms with Crippen LogP contribution in [0.5, 0.6) is 5.75 Å². The molecule has 1 aromatic heterocycles. The number of phenols is 1. The van der Waals surface area contributed by atoms with Crippen molar-refractivity contribution in [2.75, 3.05) is 0 Å². The van der Waals surface area contributed by atoms with Crippen molar-refractivity contribution in [3.8, 4) is 11.4 Å². The summed E-state index contributed by atoms with van der Waals surface area (Å²) < 4.78 is 15.1. The summed E-state index contributed by atoms with van der Waals surface area (Å²) in [5.74, 6) is -0.414. The number of nitrogens with zero attached hydrogens (tertiary/aromatic N) is 2. The summed E-state index contributed by atoms with van der Waals surface area (Å²) in [6.07, 6.45) is 1.67. The molecule has 0 bridgehead atoms. The van der Waals surface area contributed by atoms with Crippen molar-refractivity contribution in [1.82, 2.24) is 15.1 Å². The smallest absolute Gasteiger partial charge is 0.251 e. The summed E-state index contributed by atoms with van der Waals surface area (Å²) >= 11 is 0. The Labute approximate surface area is 151 Å². The first kappa shape index (κ1) is 17.7. The van der Waals surface area contributed by atoms with E-state index in [0.717, 1.165) is 11.3 Å². The van der Waals surface area contributed by atoms with Crippen LogP contribution in [0.4, 0.5) is 4.39 Å². The summed E-state index contributed by atoms with van der Waals surface area (Å²) in [5, 5.41) is 16.8. The molecule has 3 aromatic rings. The summed E-state index contributed by atoms with van der Waals surface area (Å²) in [6.45, 7) is 5.48. The van der Waals surface area contributed by atoms with Gasteiger partial charge in [-0.3, -0.25) is 4.79 Å². The molecule has 0 aliphatic rings. The number of nitrogens with one attached hydrogen (secondary N) is 1. The van der Waals surface area contributed by atoms with E-state index in [1.807, 2.05) is 13.8 Å². The number of benzene rings is 2. The normalized spacial score (nSPS) is 12.0. The van der Waals surface area contributed by atoms with Gasteiger partial charge in [-0.05, 0) is 62.7 Å². The van der Waals surface area contributed by atoms with Crippen LogP contribution in [0.15, 0.2) is 48.7 Å². The largest absolute Gasteiger partial charge is 0.508 e. The van der Waals surface area contributed by atoms with Crippen LogP contribution in [-0.4, -0.2) is 20.8 Å². The van der Waals surface area contributed by atoms with Crippen molar-refractivity contribution in [2.45, 2.75) is 26.8 Å². The number of aromatic hydroxyl groups is 1. The van der Waals surface area contributed by atoms with Gasteiger partial charge in [-0.25, -0.2) is 9.07 Å².